The SMILES string of the molecule is COC(=O)c1cc(C#N)c(I)c(OC)c1. The van der Waals surface area contributed by atoms with Crippen molar-refractivity contribution in [2.24, 2.45) is 0 Å². The Kier molecular flexibility index (Phi) is 3.91. The molecule has 1 aromatic carbocycles. The Balaban J connectivity index is 3.34. The molecular weight excluding hydrogens is 309 g/mol. The average molecular weight is 317 g/mol. The second kappa shape index (κ2) is 4.98. The Labute approximate surface area is 101 Å². The van der Waals surface area contributed by atoms with E-state index in [1.54, 1.807) is 6.07 Å². The predicted octanol–water partition coefficient (Wildman–Crippen LogP) is 1.96. The van der Waals surface area contributed by atoms with Crippen molar-refractivity contribution < 1.29 is 14.3 Å². The van der Waals surface area contributed by atoms with Gasteiger partial charge in [-0.25, -0.2) is 4.79 Å². The monoisotopic (exact) mass is 317 g/mol. The lowest BCUT2D eigenvalue weighted by atomic mass is 10.1. The molecule has 0 atom stereocenters. The van der Waals surface area contributed by atoms with Gasteiger partial charge in [0, 0.05) is 0 Å². The molecule has 0 unspecified atom stereocenters. The average Bonchev–Trinajstić information content (AvgIpc) is 2.28. The van der Waals surface area contributed by atoms with Crippen molar-refractivity contribution in [2.45, 2.75) is 0 Å². The quantitative estimate of drug-likeness (QED) is 0.618. The first-order chi connectivity index (χ1) is 7.13. The van der Waals surface area contributed by atoms with Gasteiger partial charge >= 0.3 is 5.97 Å². The molecule has 15 heavy (non-hydrogen) atoms. The summed E-state index contributed by atoms with van der Waals surface area (Å²) in [5.74, 6) is 0.0104. The van der Waals surface area contributed by atoms with Crippen molar-refractivity contribution in [2.75, 3.05) is 14.2 Å². The van der Waals surface area contributed by atoms with Crippen molar-refractivity contribution in [3.63, 3.8) is 0 Å². The van der Waals surface area contributed by atoms with Crippen LogP contribution < -0.4 is 4.74 Å². The molecule has 78 valence electrons. The predicted molar refractivity (Wildman–Crippen MR) is 61.8 cm³/mol. The summed E-state index contributed by atoms with van der Waals surface area (Å²) in [5, 5.41) is 8.85. The van der Waals surface area contributed by atoms with Gasteiger partial charge in [0.1, 0.15) is 11.8 Å². The zero-order chi connectivity index (χ0) is 11.4. The molecule has 4 nitrogen and oxygen atoms in total. The number of rotatable bonds is 2. The van der Waals surface area contributed by atoms with Crippen LogP contribution in [0.25, 0.3) is 0 Å². The van der Waals surface area contributed by atoms with E-state index in [1.165, 1.54) is 20.3 Å². The summed E-state index contributed by atoms with van der Waals surface area (Å²) in [5.41, 5.74) is 0.710. The van der Waals surface area contributed by atoms with E-state index in [9.17, 15) is 4.79 Å². The van der Waals surface area contributed by atoms with E-state index in [4.69, 9.17) is 10.00 Å². The number of esters is 1. The van der Waals surface area contributed by atoms with Gasteiger partial charge in [0.15, 0.2) is 0 Å². The van der Waals surface area contributed by atoms with Crippen LogP contribution in [0.5, 0.6) is 5.75 Å². The van der Waals surface area contributed by atoms with Crippen LogP contribution in [-0.4, -0.2) is 20.2 Å². The minimum absolute atomic E-state index is 0.311. The molecular formula is C10H8INO3. The van der Waals surface area contributed by atoms with Crippen LogP contribution in [0.15, 0.2) is 12.1 Å². The number of hydrogen-bond acceptors (Lipinski definition) is 4. The largest absolute Gasteiger partial charge is 0.496 e. The maximum absolute atomic E-state index is 11.3. The summed E-state index contributed by atoms with van der Waals surface area (Å²) in [6.45, 7) is 0. The van der Waals surface area contributed by atoms with Crippen LogP contribution in [-0.2, 0) is 4.74 Å². The molecule has 5 heteroatoms. The number of carbonyl (C=O) groups excluding carboxylic acids is 1. The van der Waals surface area contributed by atoms with Gasteiger partial charge in [-0.1, -0.05) is 0 Å². The maximum Gasteiger partial charge on any atom is 0.338 e. The normalized spacial score (nSPS) is 9.20. The van der Waals surface area contributed by atoms with Crippen molar-refractivity contribution >= 4 is 28.6 Å². The van der Waals surface area contributed by atoms with Crippen molar-refractivity contribution in [1.82, 2.24) is 0 Å². The Morgan fingerprint density at radius 2 is 2.13 bits per heavy atom. The molecule has 0 saturated heterocycles. The molecule has 0 bridgehead atoms. The topological polar surface area (TPSA) is 59.3 Å². The van der Waals surface area contributed by atoms with Crippen LogP contribution in [0.3, 0.4) is 0 Å². The Hall–Kier alpha value is -1.29. The van der Waals surface area contributed by atoms with Crippen molar-refractivity contribution in [1.29, 1.82) is 5.26 Å². The zero-order valence-electron chi connectivity index (χ0n) is 8.20. The molecule has 0 aliphatic heterocycles. The van der Waals surface area contributed by atoms with Gasteiger partial charge in [-0.2, -0.15) is 5.26 Å². The Bertz CT molecular complexity index is 437. The number of nitrogens with zero attached hydrogens (tertiary/aromatic N) is 1. The number of benzene rings is 1. The number of ether oxygens (including phenoxy) is 2. The standard InChI is InChI=1S/C10H8INO3/c1-14-8-4-6(10(13)15-2)3-7(5-12)9(8)11/h3-4H,1-2H3. The number of methoxy groups -OCH3 is 2. The summed E-state index contributed by atoms with van der Waals surface area (Å²) in [4.78, 5) is 11.3. The Morgan fingerprint density at radius 1 is 1.47 bits per heavy atom. The molecule has 0 heterocycles. The van der Waals surface area contributed by atoms with Gasteiger partial charge < -0.3 is 9.47 Å². The summed E-state index contributed by atoms with van der Waals surface area (Å²) in [6, 6.07) is 5.03. The fraction of sp³-hybridized carbons (Fsp3) is 0.200. The van der Waals surface area contributed by atoms with Gasteiger partial charge in [-0.15, -0.1) is 0 Å². The highest BCUT2D eigenvalue weighted by Crippen LogP contribution is 2.26. The molecule has 0 amide bonds. The molecule has 1 rings (SSSR count). The first kappa shape index (κ1) is 11.8. The summed E-state index contributed by atoms with van der Waals surface area (Å²) < 4.78 is 10.3. The first-order valence-corrected chi connectivity index (χ1v) is 5.07. The first-order valence-electron chi connectivity index (χ1n) is 4.00. The van der Waals surface area contributed by atoms with Crippen LogP contribution >= 0.6 is 22.6 Å². The van der Waals surface area contributed by atoms with E-state index in [2.05, 4.69) is 4.74 Å². The summed E-state index contributed by atoms with van der Waals surface area (Å²) >= 11 is 1.99. The van der Waals surface area contributed by atoms with Crippen LogP contribution in [0.4, 0.5) is 0 Å². The smallest absolute Gasteiger partial charge is 0.338 e. The van der Waals surface area contributed by atoms with Crippen LogP contribution in [0.2, 0.25) is 0 Å². The number of carbonyl (C=O) groups is 1. The molecule has 0 aromatic heterocycles. The lowest BCUT2D eigenvalue weighted by molar-refractivity contribution is 0.0600. The van der Waals surface area contributed by atoms with E-state index in [0.29, 0.717) is 20.4 Å². The zero-order valence-corrected chi connectivity index (χ0v) is 10.4. The van der Waals surface area contributed by atoms with Crippen LogP contribution in [0.1, 0.15) is 15.9 Å². The number of halogens is 1. The lowest BCUT2D eigenvalue weighted by Crippen LogP contribution is -2.03. The third kappa shape index (κ3) is 2.39. The van der Waals surface area contributed by atoms with Gasteiger partial charge in [0.25, 0.3) is 0 Å². The van der Waals surface area contributed by atoms with E-state index in [-0.39, 0.29) is 0 Å². The van der Waals surface area contributed by atoms with Crippen LogP contribution in [0, 0.1) is 14.9 Å². The molecule has 0 aliphatic rings. The highest BCUT2D eigenvalue weighted by Gasteiger charge is 2.13. The van der Waals surface area contributed by atoms with Gasteiger partial charge in [0.05, 0.1) is 28.9 Å². The number of hydrogen-bond donors (Lipinski definition) is 0. The number of nitriles is 1. The second-order valence-corrected chi connectivity index (χ2v) is 3.72. The highest BCUT2D eigenvalue weighted by atomic mass is 127. The van der Waals surface area contributed by atoms with Crippen molar-refractivity contribution in [3.05, 3.63) is 26.8 Å². The molecule has 0 fully saturated rings. The molecule has 0 aliphatic carbocycles. The fourth-order valence-electron chi connectivity index (χ4n) is 1.06. The summed E-state index contributed by atoms with van der Waals surface area (Å²) in [7, 11) is 2.78. The Morgan fingerprint density at radius 3 is 2.60 bits per heavy atom. The fourth-order valence-corrected chi connectivity index (χ4v) is 1.72. The second-order valence-electron chi connectivity index (χ2n) is 2.64. The maximum atomic E-state index is 11.3. The lowest BCUT2D eigenvalue weighted by Gasteiger charge is -2.07. The summed E-state index contributed by atoms with van der Waals surface area (Å²) in [6.07, 6.45) is 0. The third-order valence-electron chi connectivity index (χ3n) is 1.80. The minimum Gasteiger partial charge on any atom is -0.496 e. The molecule has 1 aromatic rings. The molecule has 0 radical (unpaired) electrons. The highest BCUT2D eigenvalue weighted by molar-refractivity contribution is 14.1. The van der Waals surface area contributed by atoms with Gasteiger partial charge in [0.2, 0.25) is 0 Å². The van der Waals surface area contributed by atoms with E-state index in [1.807, 2.05) is 28.7 Å². The molecule has 0 N–H and O–H groups in total. The van der Waals surface area contributed by atoms with Gasteiger partial charge in [-0.3, -0.25) is 0 Å². The molecule has 0 saturated carbocycles. The van der Waals surface area contributed by atoms with E-state index in [0.717, 1.165) is 0 Å². The van der Waals surface area contributed by atoms with Gasteiger partial charge in [-0.05, 0) is 34.7 Å². The molecule has 0 spiro atoms. The minimum atomic E-state index is -0.485. The van der Waals surface area contributed by atoms with E-state index < -0.39 is 5.97 Å². The van der Waals surface area contributed by atoms with Crippen molar-refractivity contribution in [3.8, 4) is 11.8 Å². The van der Waals surface area contributed by atoms with E-state index >= 15 is 0 Å². The third-order valence-corrected chi connectivity index (χ3v) is 2.91.